The number of carbonyl (C=O) groups excluding carboxylic acids is 2. The van der Waals surface area contributed by atoms with Crippen molar-refractivity contribution >= 4 is 75.3 Å². The van der Waals surface area contributed by atoms with Crippen molar-refractivity contribution in [3.8, 4) is 0 Å². The fraction of sp³-hybridized carbons (Fsp3) is 0.0968. The highest BCUT2D eigenvalue weighted by atomic mass is 32.2. The van der Waals surface area contributed by atoms with Gasteiger partial charge in [0, 0.05) is 19.6 Å². The lowest BCUT2D eigenvalue weighted by atomic mass is 9.92. The minimum absolute atomic E-state index is 0.118. The van der Waals surface area contributed by atoms with E-state index in [2.05, 4.69) is 42.5 Å². The van der Waals surface area contributed by atoms with Crippen molar-refractivity contribution < 1.29 is 18.0 Å². The summed E-state index contributed by atoms with van der Waals surface area (Å²) >= 11 is 0. The highest BCUT2D eigenvalue weighted by Gasteiger charge is 2.13. The van der Waals surface area contributed by atoms with Gasteiger partial charge >= 0.3 is 0 Å². The zero-order valence-corrected chi connectivity index (χ0v) is 20.6. The number of benzene rings is 6. The number of hydrogen-bond acceptors (Lipinski definition) is 4. The molecule has 0 aliphatic carbocycles. The molecule has 0 fully saturated rings. The lowest BCUT2D eigenvalue weighted by molar-refractivity contribution is -0.134. The molecule has 0 amide bonds. The molecule has 0 radical (unpaired) electrons. The minimum atomic E-state index is -3.27. The third kappa shape index (κ3) is 3.55. The first kappa shape index (κ1) is 22.4. The smallest absolute Gasteiger partial charge is 0.202 e. The van der Waals surface area contributed by atoms with Gasteiger partial charge in [-0.15, -0.1) is 0 Å². The molecule has 0 aromatic heterocycles. The maximum atomic E-state index is 12.0. The molecule has 0 bridgehead atoms. The average Bonchev–Trinajstić information content (AvgIpc) is 2.86. The van der Waals surface area contributed by atoms with E-state index in [0.717, 1.165) is 59.4 Å². The molecule has 0 unspecified atom stereocenters. The van der Waals surface area contributed by atoms with Crippen LogP contribution in [0.5, 0.6) is 0 Å². The van der Waals surface area contributed by atoms with Crippen LogP contribution in [0.15, 0.2) is 89.8 Å². The van der Waals surface area contributed by atoms with Crippen LogP contribution in [0.1, 0.15) is 12.5 Å². The van der Waals surface area contributed by atoms with Crippen molar-refractivity contribution in [2.24, 2.45) is 0 Å². The van der Waals surface area contributed by atoms with E-state index in [-0.39, 0.29) is 12.2 Å². The number of rotatable bonds is 4. The molecule has 0 aliphatic rings. The Hall–Kier alpha value is -4.09. The quantitative estimate of drug-likeness (QED) is 0.207. The molecule has 0 atom stereocenters. The SMILES string of the molecule is CC(=O)C(=O)Cc1ccc2c(ccc3c2ccc2c4ccc5cc(S(C)(=O)=O)ccc5c4ccc32)c1. The van der Waals surface area contributed by atoms with Crippen LogP contribution in [0.2, 0.25) is 0 Å². The monoisotopic (exact) mass is 490 g/mol. The van der Waals surface area contributed by atoms with E-state index in [4.69, 9.17) is 0 Å². The van der Waals surface area contributed by atoms with Gasteiger partial charge in [-0.05, 0) is 71.6 Å². The Morgan fingerprint density at radius 3 is 1.50 bits per heavy atom. The van der Waals surface area contributed by atoms with Crippen molar-refractivity contribution in [3.05, 3.63) is 90.5 Å². The zero-order valence-electron chi connectivity index (χ0n) is 19.8. The molecular formula is C31H22O4S. The van der Waals surface area contributed by atoms with Gasteiger partial charge in [0.25, 0.3) is 0 Å². The number of carbonyl (C=O) groups is 2. The van der Waals surface area contributed by atoms with Crippen LogP contribution in [-0.4, -0.2) is 26.2 Å². The van der Waals surface area contributed by atoms with Crippen LogP contribution in [0.4, 0.5) is 0 Å². The minimum Gasteiger partial charge on any atom is -0.291 e. The standard InChI is InChI=1S/C31H22O4S/c1-18(32)31(33)16-19-3-7-23-20(15-19)4-8-27-25(23)11-13-30-28-9-5-21-17-22(36(2,34)35)6-10-24(21)26(28)12-14-29(27)30/h3-15,17H,16H2,1-2H3. The van der Waals surface area contributed by atoms with Gasteiger partial charge in [-0.3, -0.25) is 9.59 Å². The van der Waals surface area contributed by atoms with Gasteiger partial charge in [-0.1, -0.05) is 72.8 Å². The summed E-state index contributed by atoms with van der Waals surface area (Å²) in [6, 6.07) is 28.0. The molecular weight excluding hydrogens is 468 g/mol. The van der Waals surface area contributed by atoms with E-state index in [1.54, 1.807) is 12.1 Å². The summed E-state index contributed by atoms with van der Waals surface area (Å²) in [4.78, 5) is 23.6. The van der Waals surface area contributed by atoms with Crippen LogP contribution in [0.25, 0.3) is 53.9 Å². The van der Waals surface area contributed by atoms with E-state index >= 15 is 0 Å². The number of ketones is 2. The summed E-state index contributed by atoms with van der Waals surface area (Å²) < 4.78 is 24.0. The lowest BCUT2D eigenvalue weighted by Crippen LogP contribution is -2.12. The van der Waals surface area contributed by atoms with Crippen molar-refractivity contribution in [1.29, 1.82) is 0 Å². The van der Waals surface area contributed by atoms with Gasteiger partial charge in [-0.2, -0.15) is 0 Å². The third-order valence-electron chi connectivity index (χ3n) is 7.05. The fourth-order valence-electron chi connectivity index (χ4n) is 5.20. The van der Waals surface area contributed by atoms with Crippen molar-refractivity contribution in [2.45, 2.75) is 18.2 Å². The summed E-state index contributed by atoms with van der Waals surface area (Å²) in [5, 5.41) is 10.8. The van der Waals surface area contributed by atoms with Crippen molar-refractivity contribution in [3.63, 3.8) is 0 Å². The molecule has 5 heteroatoms. The molecule has 0 N–H and O–H groups in total. The van der Waals surface area contributed by atoms with E-state index < -0.39 is 15.6 Å². The molecule has 6 aromatic carbocycles. The summed E-state index contributed by atoms with van der Waals surface area (Å²) in [7, 11) is -3.27. The largest absolute Gasteiger partial charge is 0.291 e. The number of fused-ring (bicyclic) bond motifs is 9. The number of hydrogen-bond donors (Lipinski definition) is 0. The van der Waals surface area contributed by atoms with Crippen LogP contribution >= 0.6 is 0 Å². The topological polar surface area (TPSA) is 68.3 Å². The molecule has 0 spiro atoms. The van der Waals surface area contributed by atoms with E-state index in [1.807, 2.05) is 30.3 Å². The van der Waals surface area contributed by atoms with Gasteiger partial charge in [0.05, 0.1) is 4.90 Å². The molecule has 36 heavy (non-hydrogen) atoms. The van der Waals surface area contributed by atoms with Gasteiger partial charge < -0.3 is 0 Å². The number of sulfone groups is 1. The summed E-state index contributed by atoms with van der Waals surface area (Å²) in [5.41, 5.74) is 0.833. The molecule has 4 nitrogen and oxygen atoms in total. The van der Waals surface area contributed by atoms with Crippen LogP contribution < -0.4 is 0 Å². The normalized spacial score (nSPS) is 12.2. The Balaban J connectivity index is 1.54. The summed E-state index contributed by atoms with van der Waals surface area (Å²) in [6.07, 6.45) is 1.34. The highest BCUT2D eigenvalue weighted by molar-refractivity contribution is 7.90. The van der Waals surface area contributed by atoms with Crippen molar-refractivity contribution in [1.82, 2.24) is 0 Å². The zero-order chi connectivity index (χ0) is 25.2. The maximum absolute atomic E-state index is 12.0. The molecule has 0 heterocycles. The van der Waals surface area contributed by atoms with Gasteiger partial charge in [0.2, 0.25) is 5.78 Å². The Morgan fingerprint density at radius 1 is 0.583 bits per heavy atom. The van der Waals surface area contributed by atoms with E-state index in [0.29, 0.717) is 4.90 Å². The average molecular weight is 491 g/mol. The molecule has 6 aromatic rings. The lowest BCUT2D eigenvalue weighted by Gasteiger charge is -2.12. The van der Waals surface area contributed by atoms with Crippen LogP contribution in [-0.2, 0) is 25.8 Å². The molecule has 6 rings (SSSR count). The molecule has 176 valence electrons. The third-order valence-corrected chi connectivity index (χ3v) is 8.16. The van der Waals surface area contributed by atoms with Crippen LogP contribution in [0.3, 0.4) is 0 Å². The van der Waals surface area contributed by atoms with Crippen LogP contribution in [0, 0.1) is 0 Å². The predicted molar refractivity (Wildman–Crippen MR) is 146 cm³/mol. The van der Waals surface area contributed by atoms with Gasteiger partial charge in [-0.25, -0.2) is 8.42 Å². The molecule has 0 saturated heterocycles. The fourth-order valence-corrected chi connectivity index (χ4v) is 5.85. The highest BCUT2D eigenvalue weighted by Crippen LogP contribution is 2.37. The Morgan fingerprint density at radius 2 is 1.00 bits per heavy atom. The summed E-state index contributed by atoms with van der Waals surface area (Å²) in [5.74, 6) is -0.802. The molecule has 0 saturated carbocycles. The maximum Gasteiger partial charge on any atom is 0.202 e. The first-order chi connectivity index (χ1) is 17.2. The van der Waals surface area contributed by atoms with Gasteiger partial charge in [0.1, 0.15) is 0 Å². The second kappa shape index (κ2) is 7.97. The Kier molecular flexibility index (Phi) is 4.95. The Bertz CT molecular complexity index is 2040. The molecule has 0 aliphatic heterocycles. The second-order valence-corrected chi connectivity index (χ2v) is 11.4. The first-order valence-electron chi connectivity index (χ1n) is 11.7. The predicted octanol–water partition coefficient (Wildman–Crippen LogP) is 6.56. The first-order valence-corrected chi connectivity index (χ1v) is 13.6. The number of Topliss-reactive ketones (excluding diaryl/α,β-unsaturated/α-hetero) is 2. The van der Waals surface area contributed by atoms with Gasteiger partial charge in [0.15, 0.2) is 15.6 Å². The summed E-state index contributed by atoms with van der Waals surface area (Å²) in [6.45, 7) is 1.31. The second-order valence-electron chi connectivity index (χ2n) is 9.41. The Labute approximate surface area is 208 Å². The van der Waals surface area contributed by atoms with Crippen molar-refractivity contribution in [2.75, 3.05) is 6.26 Å². The van der Waals surface area contributed by atoms with E-state index in [1.165, 1.54) is 13.2 Å². The van der Waals surface area contributed by atoms with E-state index in [9.17, 15) is 18.0 Å².